The first-order valence-corrected chi connectivity index (χ1v) is 15.3. The van der Waals surface area contributed by atoms with Gasteiger partial charge in [-0.15, -0.1) is 24.2 Å². The zero-order valence-electron chi connectivity index (χ0n) is 24.9. The molecule has 0 bridgehead atoms. The Labute approximate surface area is 251 Å². The van der Waals surface area contributed by atoms with Crippen LogP contribution < -0.4 is 0 Å². The van der Waals surface area contributed by atoms with E-state index in [2.05, 4.69) is 75.2 Å². The molecule has 1 aromatic heterocycles. The number of rotatable bonds is 13. The Hall–Kier alpha value is -3.72. The van der Waals surface area contributed by atoms with E-state index in [1.165, 1.54) is 5.57 Å². The Balaban J connectivity index is 0.00000226. The predicted molar refractivity (Wildman–Crippen MR) is 175 cm³/mol. The van der Waals surface area contributed by atoms with E-state index >= 15 is 0 Å². The third-order valence-electron chi connectivity index (χ3n) is 7.68. The molecule has 214 valence electrons. The summed E-state index contributed by atoms with van der Waals surface area (Å²) in [7, 11) is 2.19. The van der Waals surface area contributed by atoms with E-state index in [9.17, 15) is 4.79 Å². The average Bonchev–Trinajstić information content (AvgIpc) is 3.65. The fraction of sp³-hybridized carbons (Fsp3) is 0.333. The minimum absolute atomic E-state index is 0.0294. The number of hydrogen-bond acceptors (Lipinski definition) is 4. The number of aliphatic imine (C=N–C) groups is 1. The molecule has 1 atom stereocenters. The summed E-state index contributed by atoms with van der Waals surface area (Å²) < 4.78 is 0. The van der Waals surface area contributed by atoms with Crippen molar-refractivity contribution in [1.29, 1.82) is 0 Å². The van der Waals surface area contributed by atoms with Crippen LogP contribution in [-0.2, 0) is 10.3 Å². The van der Waals surface area contributed by atoms with E-state index < -0.39 is 5.54 Å². The molecule has 2 heterocycles. The topological polar surface area (TPSA) is 35.9 Å². The molecule has 0 aliphatic carbocycles. The molecule has 0 fully saturated rings. The summed E-state index contributed by atoms with van der Waals surface area (Å²) in [5.74, 6) is 1.40. The lowest BCUT2D eigenvalue weighted by Crippen LogP contribution is -2.42. The quantitative estimate of drug-likeness (QED) is 0.157. The molecule has 1 unspecified atom stereocenters. The number of terminal acetylenes is 1. The first-order chi connectivity index (χ1) is 20.0. The van der Waals surface area contributed by atoms with Crippen LogP contribution >= 0.6 is 11.3 Å². The van der Waals surface area contributed by atoms with E-state index in [4.69, 9.17) is 4.99 Å². The standard InChI is InChI=1S/C34H41N3OS.C2H2/c1-5-7-16-27(3)28(6-2)22-25-36(4)23-15-24-37-32(31-21-14-26-39-31)35-34(33(37)38,29-17-10-8-11-18-29)30-19-12-9-13-20-30;1-2/h5,7-14,16-21,26,28H,6,15,22-25H2,1-4H3;1-2H/b7-5-,27-16+;. The summed E-state index contributed by atoms with van der Waals surface area (Å²) in [5.41, 5.74) is 2.18. The second kappa shape index (κ2) is 15.9. The Morgan fingerprint density at radius 2 is 1.66 bits per heavy atom. The van der Waals surface area contributed by atoms with Gasteiger partial charge in [0, 0.05) is 6.54 Å². The minimum atomic E-state index is -1.07. The lowest BCUT2D eigenvalue weighted by Gasteiger charge is -2.28. The van der Waals surface area contributed by atoms with Crippen molar-refractivity contribution in [3.8, 4) is 12.8 Å². The molecule has 0 radical (unpaired) electrons. The number of nitrogens with zero attached hydrogens (tertiary/aromatic N) is 3. The van der Waals surface area contributed by atoms with Crippen molar-refractivity contribution in [3.05, 3.63) is 118 Å². The van der Waals surface area contributed by atoms with Gasteiger partial charge in [0.25, 0.3) is 5.91 Å². The molecule has 41 heavy (non-hydrogen) atoms. The number of carbonyl (C=O) groups is 1. The van der Waals surface area contributed by atoms with Gasteiger partial charge >= 0.3 is 0 Å². The molecule has 4 rings (SSSR count). The average molecular weight is 566 g/mol. The van der Waals surface area contributed by atoms with Crippen molar-refractivity contribution in [3.63, 3.8) is 0 Å². The Kier molecular flexibility index (Phi) is 12.3. The van der Waals surface area contributed by atoms with Crippen LogP contribution in [0.4, 0.5) is 0 Å². The number of carbonyl (C=O) groups excluding carboxylic acids is 1. The van der Waals surface area contributed by atoms with Crippen LogP contribution in [0.5, 0.6) is 0 Å². The highest BCUT2D eigenvalue weighted by molar-refractivity contribution is 7.12. The van der Waals surface area contributed by atoms with Gasteiger partial charge in [-0.2, -0.15) is 0 Å². The summed E-state index contributed by atoms with van der Waals surface area (Å²) in [5, 5.41) is 2.05. The molecule has 1 aliphatic rings. The molecule has 1 amide bonds. The van der Waals surface area contributed by atoms with Gasteiger partial charge in [-0.05, 0) is 81.7 Å². The zero-order valence-corrected chi connectivity index (χ0v) is 25.7. The third kappa shape index (κ3) is 7.52. The Morgan fingerprint density at radius 1 is 1.02 bits per heavy atom. The van der Waals surface area contributed by atoms with Crippen molar-refractivity contribution in [2.45, 2.75) is 45.6 Å². The highest BCUT2D eigenvalue weighted by Gasteiger charge is 2.51. The maximum Gasteiger partial charge on any atom is 0.265 e. The van der Waals surface area contributed by atoms with Crippen molar-refractivity contribution >= 4 is 23.1 Å². The first kappa shape index (κ1) is 31.8. The number of benzene rings is 2. The summed E-state index contributed by atoms with van der Waals surface area (Å²) in [4.78, 5) is 25.0. The first-order valence-electron chi connectivity index (χ1n) is 14.4. The van der Waals surface area contributed by atoms with Crippen LogP contribution in [0.2, 0.25) is 0 Å². The summed E-state index contributed by atoms with van der Waals surface area (Å²) >= 11 is 1.63. The normalized spacial score (nSPS) is 15.6. The molecule has 2 aromatic carbocycles. The molecule has 0 saturated carbocycles. The Bertz CT molecular complexity index is 1280. The maximum absolute atomic E-state index is 14.4. The number of allylic oxidation sites excluding steroid dienone is 4. The van der Waals surface area contributed by atoms with Crippen LogP contribution in [-0.4, -0.2) is 48.2 Å². The van der Waals surface area contributed by atoms with Crippen LogP contribution in [0.25, 0.3) is 0 Å². The summed E-state index contributed by atoms with van der Waals surface area (Å²) in [6.45, 7) is 9.18. The van der Waals surface area contributed by atoms with Crippen LogP contribution in [0.1, 0.15) is 56.0 Å². The van der Waals surface area contributed by atoms with Gasteiger partial charge < -0.3 is 4.90 Å². The number of thiophene rings is 1. The van der Waals surface area contributed by atoms with Crippen LogP contribution in [0.3, 0.4) is 0 Å². The SMILES string of the molecule is C#C.C/C=C\C=C(/C)C(CC)CCN(C)CCCN1C(=O)C(c2ccccc2)(c2ccccc2)N=C1c1cccs1. The zero-order chi connectivity index (χ0) is 29.7. The monoisotopic (exact) mass is 565 g/mol. The predicted octanol–water partition coefficient (Wildman–Crippen LogP) is 7.79. The van der Waals surface area contributed by atoms with E-state index in [0.29, 0.717) is 12.5 Å². The van der Waals surface area contributed by atoms with Crippen molar-refractivity contribution in [1.82, 2.24) is 9.80 Å². The highest BCUT2D eigenvalue weighted by atomic mass is 32.1. The largest absolute Gasteiger partial charge is 0.306 e. The van der Waals surface area contributed by atoms with Gasteiger partial charge in [0.05, 0.1) is 4.88 Å². The molecule has 4 nitrogen and oxygen atoms in total. The van der Waals surface area contributed by atoms with Gasteiger partial charge in [0.1, 0.15) is 5.84 Å². The minimum Gasteiger partial charge on any atom is -0.306 e. The summed E-state index contributed by atoms with van der Waals surface area (Å²) in [6.07, 6.45) is 17.6. The third-order valence-corrected chi connectivity index (χ3v) is 8.54. The van der Waals surface area contributed by atoms with E-state index in [1.807, 2.05) is 71.6 Å². The molecular formula is C36H43N3OS. The van der Waals surface area contributed by atoms with Crippen LogP contribution in [0.15, 0.2) is 107 Å². The lowest BCUT2D eigenvalue weighted by atomic mass is 9.83. The smallest absolute Gasteiger partial charge is 0.265 e. The van der Waals surface area contributed by atoms with Gasteiger partial charge in [-0.3, -0.25) is 9.69 Å². The Morgan fingerprint density at radius 3 is 2.20 bits per heavy atom. The molecule has 0 N–H and O–H groups in total. The van der Waals surface area contributed by atoms with Gasteiger partial charge in [-0.25, -0.2) is 4.99 Å². The molecule has 5 heteroatoms. The second-order valence-electron chi connectivity index (χ2n) is 10.3. The second-order valence-corrected chi connectivity index (χ2v) is 11.2. The maximum atomic E-state index is 14.4. The van der Waals surface area contributed by atoms with Gasteiger partial charge in [0.2, 0.25) is 0 Å². The highest BCUT2D eigenvalue weighted by Crippen LogP contribution is 2.41. The number of hydrogen-bond donors (Lipinski definition) is 0. The molecule has 3 aromatic rings. The molecular weight excluding hydrogens is 522 g/mol. The molecule has 1 aliphatic heterocycles. The fourth-order valence-electron chi connectivity index (χ4n) is 5.39. The van der Waals surface area contributed by atoms with Gasteiger partial charge in [0.15, 0.2) is 5.54 Å². The van der Waals surface area contributed by atoms with Crippen LogP contribution in [0, 0.1) is 18.8 Å². The lowest BCUT2D eigenvalue weighted by molar-refractivity contribution is -0.130. The summed E-state index contributed by atoms with van der Waals surface area (Å²) in [6, 6.07) is 24.1. The number of amides is 1. The van der Waals surface area contributed by atoms with E-state index in [-0.39, 0.29) is 5.91 Å². The van der Waals surface area contributed by atoms with Crippen molar-refractivity contribution in [2.24, 2.45) is 10.9 Å². The fourth-order valence-corrected chi connectivity index (χ4v) is 6.11. The van der Waals surface area contributed by atoms with Crippen molar-refractivity contribution in [2.75, 3.05) is 26.7 Å². The van der Waals surface area contributed by atoms with Crippen molar-refractivity contribution < 1.29 is 4.79 Å². The molecule has 0 spiro atoms. The van der Waals surface area contributed by atoms with E-state index in [1.54, 1.807) is 11.3 Å². The van der Waals surface area contributed by atoms with E-state index in [0.717, 1.165) is 54.2 Å². The van der Waals surface area contributed by atoms with Gasteiger partial charge in [-0.1, -0.05) is 97.5 Å². The molecule has 0 saturated heterocycles. The number of amidine groups is 1.